The molecule has 1 fully saturated rings. The predicted octanol–water partition coefficient (Wildman–Crippen LogP) is 7.97. The average Bonchev–Trinajstić information content (AvgIpc) is 3.44. The number of carbonyl (C=O) groups excluding carboxylic acids is 2. The molecule has 0 unspecified atom stereocenters. The lowest BCUT2D eigenvalue weighted by molar-refractivity contribution is -0.116. The highest BCUT2D eigenvalue weighted by Gasteiger charge is 2.43. The summed E-state index contributed by atoms with van der Waals surface area (Å²) in [5.74, 6) is -0.669. The molecular weight excluding hydrogens is 532 g/mol. The van der Waals surface area contributed by atoms with Crippen LogP contribution in [0.3, 0.4) is 0 Å². The van der Waals surface area contributed by atoms with Crippen LogP contribution >= 0.6 is 0 Å². The van der Waals surface area contributed by atoms with Gasteiger partial charge in [-0.1, -0.05) is 43.2 Å². The van der Waals surface area contributed by atoms with Gasteiger partial charge in [-0.2, -0.15) is 0 Å². The van der Waals surface area contributed by atoms with E-state index in [2.05, 4.69) is 73.6 Å². The van der Waals surface area contributed by atoms with Gasteiger partial charge in [0.1, 0.15) is 5.57 Å². The average molecular weight is 575 g/mol. The van der Waals surface area contributed by atoms with Crippen LogP contribution in [-0.2, 0) is 16.0 Å². The largest absolute Gasteiger partial charge is 0.372 e. The Labute approximate surface area is 255 Å². The van der Waals surface area contributed by atoms with E-state index in [1.165, 1.54) is 21.3 Å². The van der Waals surface area contributed by atoms with Crippen molar-refractivity contribution < 1.29 is 9.59 Å². The molecule has 1 aliphatic rings. The molecule has 1 aliphatic heterocycles. The van der Waals surface area contributed by atoms with Crippen LogP contribution in [0.4, 0.5) is 17.1 Å². The third kappa shape index (κ3) is 5.87. The topological polar surface area (TPSA) is 48.8 Å². The smallest absolute Gasteiger partial charge is 0.283 e. The van der Waals surface area contributed by atoms with E-state index >= 15 is 0 Å². The Bertz CT molecular complexity index is 1630. The number of hydrogen-bond donors (Lipinski definition) is 0. The third-order valence-electron chi connectivity index (χ3n) is 8.33. The molecule has 5 rings (SSSR count). The minimum absolute atomic E-state index is 0.146. The van der Waals surface area contributed by atoms with E-state index in [9.17, 15) is 9.59 Å². The second kappa shape index (κ2) is 12.7. The maximum absolute atomic E-state index is 14.0. The molecule has 0 saturated carbocycles. The lowest BCUT2D eigenvalue weighted by Crippen LogP contribution is -2.41. The number of benzene rings is 3. The van der Waals surface area contributed by atoms with Crippen molar-refractivity contribution in [2.24, 2.45) is 0 Å². The molecule has 222 valence electrons. The van der Waals surface area contributed by atoms with Gasteiger partial charge >= 0.3 is 0 Å². The summed E-state index contributed by atoms with van der Waals surface area (Å²) in [5.41, 5.74) is 8.87. The van der Waals surface area contributed by atoms with Gasteiger partial charge in [-0.05, 0) is 119 Å². The van der Waals surface area contributed by atoms with Gasteiger partial charge in [0.2, 0.25) is 0 Å². The highest BCUT2D eigenvalue weighted by atomic mass is 16.2. The predicted molar refractivity (Wildman–Crippen MR) is 178 cm³/mol. The first-order valence-corrected chi connectivity index (χ1v) is 15.4. The Morgan fingerprint density at radius 1 is 0.698 bits per heavy atom. The normalized spacial score (nSPS) is 14.3. The van der Waals surface area contributed by atoms with Gasteiger partial charge in [-0.3, -0.25) is 9.59 Å². The molecule has 1 saturated heterocycles. The molecule has 0 spiro atoms. The quantitative estimate of drug-likeness (QED) is 0.143. The Hall–Kier alpha value is -4.58. The maximum Gasteiger partial charge on any atom is 0.283 e. The summed E-state index contributed by atoms with van der Waals surface area (Å²) in [7, 11) is 0. The van der Waals surface area contributed by atoms with Gasteiger partial charge in [-0.25, -0.2) is 10.0 Å². The summed E-state index contributed by atoms with van der Waals surface area (Å²) in [6.07, 6.45) is 4.98. The van der Waals surface area contributed by atoms with Crippen LogP contribution in [0.1, 0.15) is 61.7 Å². The van der Waals surface area contributed by atoms with Crippen molar-refractivity contribution >= 4 is 35.0 Å². The highest BCUT2D eigenvalue weighted by Crippen LogP contribution is 2.34. The molecule has 2 heterocycles. The number of aromatic nitrogens is 1. The van der Waals surface area contributed by atoms with Gasteiger partial charge < -0.3 is 9.47 Å². The van der Waals surface area contributed by atoms with Crippen molar-refractivity contribution in [3.8, 4) is 5.69 Å². The summed E-state index contributed by atoms with van der Waals surface area (Å²) in [6.45, 7) is 14.5. The third-order valence-corrected chi connectivity index (χ3v) is 8.33. The zero-order chi connectivity index (χ0) is 30.7. The SMILES string of the molecule is CCCCc1ccc(N2C(=O)/C(=C\c3cc(C)n(-c4ccc(N(CC)CC)cc4)c3C)C(=O)N2c2ccc(C)cc2)cc1. The van der Waals surface area contributed by atoms with Crippen molar-refractivity contribution in [2.45, 2.75) is 60.8 Å². The Morgan fingerprint density at radius 3 is 1.77 bits per heavy atom. The van der Waals surface area contributed by atoms with Crippen LogP contribution in [0, 0.1) is 20.8 Å². The first kappa shape index (κ1) is 29.9. The van der Waals surface area contributed by atoms with E-state index in [-0.39, 0.29) is 17.4 Å². The Kier molecular flexibility index (Phi) is 8.86. The number of carbonyl (C=O) groups is 2. The van der Waals surface area contributed by atoms with Crippen LogP contribution in [-0.4, -0.2) is 29.5 Å². The summed E-state index contributed by atoms with van der Waals surface area (Å²) < 4.78 is 2.17. The number of unbranched alkanes of at least 4 members (excludes halogenated alkanes) is 1. The lowest BCUT2D eigenvalue weighted by atomic mass is 10.1. The second-order valence-corrected chi connectivity index (χ2v) is 11.2. The highest BCUT2D eigenvalue weighted by molar-refractivity contribution is 6.38. The molecular formula is C37H42N4O2. The zero-order valence-electron chi connectivity index (χ0n) is 26.2. The fourth-order valence-electron chi connectivity index (χ4n) is 5.85. The van der Waals surface area contributed by atoms with E-state index in [0.29, 0.717) is 11.4 Å². The van der Waals surface area contributed by atoms with Crippen molar-refractivity contribution in [3.63, 3.8) is 0 Å². The van der Waals surface area contributed by atoms with Crippen molar-refractivity contribution in [1.82, 2.24) is 4.57 Å². The number of amides is 2. The van der Waals surface area contributed by atoms with Crippen LogP contribution < -0.4 is 14.9 Å². The first-order valence-electron chi connectivity index (χ1n) is 15.4. The lowest BCUT2D eigenvalue weighted by Gasteiger charge is -2.27. The standard InChI is InChI=1S/C37H42N4O2/c1-7-10-11-29-14-18-34(19-15-29)41-37(43)35(36(42)40(41)33-16-12-26(4)13-17-33)25-30-24-27(5)39(28(30)6)32-22-20-31(21-23-32)38(8-2)9-3/h12-25H,7-11H2,1-6H3/b35-25-. The molecule has 6 nitrogen and oxygen atoms in total. The summed E-state index contributed by atoms with van der Waals surface area (Å²) in [6, 6.07) is 26.3. The molecule has 43 heavy (non-hydrogen) atoms. The van der Waals surface area contributed by atoms with E-state index in [0.717, 1.165) is 60.6 Å². The number of aryl methyl sites for hydroxylation is 3. The molecule has 0 N–H and O–H groups in total. The second-order valence-electron chi connectivity index (χ2n) is 11.2. The minimum Gasteiger partial charge on any atom is -0.372 e. The van der Waals surface area contributed by atoms with Crippen molar-refractivity contribution in [3.05, 3.63) is 113 Å². The monoisotopic (exact) mass is 574 g/mol. The number of hydrogen-bond acceptors (Lipinski definition) is 3. The Balaban J connectivity index is 1.53. The van der Waals surface area contributed by atoms with Gasteiger partial charge in [0.25, 0.3) is 11.8 Å². The molecule has 0 atom stereocenters. The van der Waals surface area contributed by atoms with Gasteiger partial charge in [0.15, 0.2) is 0 Å². The first-order chi connectivity index (χ1) is 20.8. The van der Waals surface area contributed by atoms with E-state index in [1.54, 1.807) is 6.08 Å². The van der Waals surface area contributed by atoms with Crippen LogP contribution in [0.5, 0.6) is 0 Å². The van der Waals surface area contributed by atoms with Gasteiger partial charge in [-0.15, -0.1) is 0 Å². The van der Waals surface area contributed by atoms with Gasteiger partial charge in [0.05, 0.1) is 11.4 Å². The number of nitrogens with zero attached hydrogens (tertiary/aromatic N) is 4. The summed E-state index contributed by atoms with van der Waals surface area (Å²) >= 11 is 0. The van der Waals surface area contributed by atoms with Crippen molar-refractivity contribution in [2.75, 3.05) is 28.0 Å². The zero-order valence-corrected chi connectivity index (χ0v) is 26.2. The van der Waals surface area contributed by atoms with E-state index in [4.69, 9.17) is 0 Å². The molecule has 4 aromatic rings. The molecule has 2 amide bonds. The van der Waals surface area contributed by atoms with Crippen molar-refractivity contribution in [1.29, 1.82) is 0 Å². The molecule has 1 aromatic heterocycles. The fourth-order valence-corrected chi connectivity index (χ4v) is 5.85. The van der Waals surface area contributed by atoms with Crippen LogP contribution in [0.15, 0.2) is 84.4 Å². The number of hydrazine groups is 1. The molecule has 3 aromatic carbocycles. The Morgan fingerprint density at radius 2 is 1.23 bits per heavy atom. The van der Waals surface area contributed by atoms with E-state index in [1.807, 2.05) is 56.3 Å². The maximum atomic E-state index is 14.0. The fraction of sp³-hybridized carbons (Fsp3) is 0.297. The van der Waals surface area contributed by atoms with Crippen LogP contribution in [0.2, 0.25) is 0 Å². The van der Waals surface area contributed by atoms with E-state index < -0.39 is 0 Å². The summed E-state index contributed by atoms with van der Waals surface area (Å²) in [4.78, 5) is 30.4. The number of rotatable bonds is 10. The molecule has 6 heteroatoms. The molecule has 0 bridgehead atoms. The van der Waals surface area contributed by atoms with Crippen LogP contribution in [0.25, 0.3) is 11.8 Å². The minimum atomic E-state index is -0.336. The molecule has 0 aliphatic carbocycles. The summed E-state index contributed by atoms with van der Waals surface area (Å²) in [5, 5.41) is 3.01. The molecule has 0 radical (unpaired) electrons. The number of anilines is 3. The van der Waals surface area contributed by atoms with Gasteiger partial charge in [0, 0.05) is 35.9 Å².